The largest absolute Gasteiger partial charge is 0.392 e. The van der Waals surface area contributed by atoms with Crippen molar-refractivity contribution in [1.82, 2.24) is 10.6 Å². The zero-order valence-electron chi connectivity index (χ0n) is 17.4. The van der Waals surface area contributed by atoms with Gasteiger partial charge in [0.25, 0.3) is 11.8 Å². The number of carbonyl (C=O) groups excluding carboxylic acids is 2. The second-order valence-electron chi connectivity index (χ2n) is 7.28. The SMILES string of the molecule is O=C(NCCc1ccccc1)C(F)(F)C(F)(F)C(F)(F)C(F)(F)C(=O)NCCc1ccccc1. The van der Waals surface area contributed by atoms with E-state index >= 15 is 0 Å². The van der Waals surface area contributed by atoms with E-state index in [9.17, 15) is 44.7 Å². The molecule has 0 spiro atoms. The Hall–Kier alpha value is -3.18. The van der Waals surface area contributed by atoms with Gasteiger partial charge < -0.3 is 10.6 Å². The van der Waals surface area contributed by atoms with E-state index in [2.05, 4.69) is 0 Å². The lowest BCUT2D eigenvalue weighted by atomic mass is 9.97. The van der Waals surface area contributed by atoms with Crippen LogP contribution in [-0.2, 0) is 22.4 Å². The van der Waals surface area contributed by atoms with Gasteiger partial charge in [0.05, 0.1) is 0 Å². The lowest BCUT2D eigenvalue weighted by Gasteiger charge is -2.35. The average Bonchev–Trinajstić information content (AvgIpc) is 2.79. The number of carbonyl (C=O) groups is 2. The zero-order chi connectivity index (χ0) is 25.6. The summed E-state index contributed by atoms with van der Waals surface area (Å²) in [6.45, 7) is -1.31. The molecule has 0 radical (unpaired) electrons. The van der Waals surface area contributed by atoms with Gasteiger partial charge in [-0.25, -0.2) is 0 Å². The summed E-state index contributed by atoms with van der Waals surface area (Å²) in [5.74, 6) is -32.0. The maximum absolute atomic E-state index is 14.0. The molecule has 0 aromatic heterocycles. The van der Waals surface area contributed by atoms with Gasteiger partial charge in [0.15, 0.2) is 0 Å². The summed E-state index contributed by atoms with van der Waals surface area (Å²) in [5, 5.41) is 2.67. The molecule has 2 rings (SSSR count). The Balaban J connectivity index is 2.06. The number of benzene rings is 2. The van der Waals surface area contributed by atoms with E-state index in [0.717, 1.165) is 0 Å². The molecule has 0 heterocycles. The highest BCUT2D eigenvalue weighted by molar-refractivity contribution is 5.87. The monoisotopic (exact) mass is 496 g/mol. The van der Waals surface area contributed by atoms with E-state index in [0.29, 0.717) is 11.1 Å². The summed E-state index contributed by atoms with van der Waals surface area (Å²) >= 11 is 0. The van der Waals surface area contributed by atoms with Crippen LogP contribution < -0.4 is 10.6 Å². The molecule has 2 amide bonds. The maximum atomic E-state index is 14.0. The fraction of sp³-hybridized carbons (Fsp3) is 0.364. The van der Waals surface area contributed by atoms with E-state index < -0.39 is 48.6 Å². The fourth-order valence-electron chi connectivity index (χ4n) is 2.83. The van der Waals surface area contributed by atoms with Gasteiger partial charge in [-0.2, -0.15) is 35.1 Å². The molecule has 0 aliphatic carbocycles. The number of rotatable bonds is 11. The Bertz CT molecular complexity index is 890. The molecule has 186 valence electrons. The molecule has 0 bridgehead atoms. The predicted octanol–water partition coefficient (Wildman–Crippen LogP) is 4.25. The van der Waals surface area contributed by atoms with Crippen molar-refractivity contribution in [2.45, 2.75) is 36.5 Å². The number of hydrogen-bond acceptors (Lipinski definition) is 2. The van der Waals surface area contributed by atoms with Crippen LogP contribution in [0.5, 0.6) is 0 Å². The normalized spacial score (nSPS) is 12.8. The molecule has 0 fully saturated rings. The van der Waals surface area contributed by atoms with Crippen molar-refractivity contribution in [1.29, 1.82) is 0 Å². The first-order chi connectivity index (χ1) is 15.7. The number of alkyl halides is 8. The Kier molecular flexibility index (Phi) is 8.27. The quantitative estimate of drug-likeness (QED) is 0.458. The highest BCUT2D eigenvalue weighted by Crippen LogP contribution is 2.52. The van der Waals surface area contributed by atoms with Crippen LogP contribution in [0, 0.1) is 0 Å². The van der Waals surface area contributed by atoms with Crippen LogP contribution in [0.2, 0.25) is 0 Å². The minimum Gasteiger partial charge on any atom is -0.350 e. The van der Waals surface area contributed by atoms with Crippen molar-refractivity contribution in [2.75, 3.05) is 13.1 Å². The van der Waals surface area contributed by atoms with Crippen LogP contribution >= 0.6 is 0 Å². The fourth-order valence-corrected chi connectivity index (χ4v) is 2.83. The van der Waals surface area contributed by atoms with Crippen molar-refractivity contribution in [3.05, 3.63) is 71.8 Å². The van der Waals surface area contributed by atoms with Crippen molar-refractivity contribution in [2.24, 2.45) is 0 Å². The standard InChI is InChI=1S/C22H20F8N2O2/c23-19(24,17(33)31-13-11-15-7-3-1-4-8-15)21(27,28)22(29,30)20(25,26)18(34)32-14-12-16-9-5-2-6-10-16/h1-10H,11-14H2,(H,31,33)(H,32,34). The second kappa shape index (κ2) is 10.4. The van der Waals surface area contributed by atoms with Crippen LogP contribution in [0.4, 0.5) is 35.1 Å². The van der Waals surface area contributed by atoms with Crippen molar-refractivity contribution in [3.63, 3.8) is 0 Å². The van der Waals surface area contributed by atoms with Gasteiger partial charge in [-0.3, -0.25) is 9.59 Å². The molecule has 0 saturated heterocycles. The second-order valence-corrected chi connectivity index (χ2v) is 7.28. The van der Waals surface area contributed by atoms with Gasteiger partial charge in [-0.15, -0.1) is 0 Å². The zero-order valence-corrected chi connectivity index (χ0v) is 17.4. The number of halogens is 8. The molecular weight excluding hydrogens is 476 g/mol. The summed E-state index contributed by atoms with van der Waals surface area (Å²) < 4.78 is 112. The van der Waals surface area contributed by atoms with Crippen molar-refractivity contribution >= 4 is 11.8 Å². The Morgan fingerprint density at radius 1 is 0.559 bits per heavy atom. The van der Waals surface area contributed by atoms with Gasteiger partial charge >= 0.3 is 23.7 Å². The minimum absolute atomic E-state index is 0.120. The molecule has 2 N–H and O–H groups in total. The number of nitrogens with one attached hydrogen (secondary N) is 2. The summed E-state index contributed by atoms with van der Waals surface area (Å²) in [6, 6.07) is 15.6. The summed E-state index contributed by atoms with van der Waals surface area (Å²) in [4.78, 5) is 23.1. The lowest BCUT2D eigenvalue weighted by Crippen LogP contribution is -2.69. The van der Waals surface area contributed by atoms with E-state index in [1.54, 1.807) is 36.4 Å². The van der Waals surface area contributed by atoms with Crippen LogP contribution in [0.3, 0.4) is 0 Å². The lowest BCUT2D eigenvalue weighted by molar-refractivity contribution is -0.347. The first-order valence-corrected chi connectivity index (χ1v) is 9.91. The van der Waals surface area contributed by atoms with Crippen LogP contribution in [-0.4, -0.2) is 48.6 Å². The van der Waals surface area contributed by atoms with E-state index in [1.165, 1.54) is 34.9 Å². The minimum atomic E-state index is -6.89. The van der Waals surface area contributed by atoms with Gasteiger partial charge in [0.1, 0.15) is 0 Å². The molecule has 4 nitrogen and oxygen atoms in total. The number of hydrogen-bond donors (Lipinski definition) is 2. The molecule has 2 aromatic carbocycles. The van der Waals surface area contributed by atoms with Gasteiger partial charge in [-0.1, -0.05) is 60.7 Å². The molecule has 0 unspecified atom stereocenters. The van der Waals surface area contributed by atoms with Crippen LogP contribution in [0.1, 0.15) is 11.1 Å². The molecular formula is C22H20F8N2O2. The van der Waals surface area contributed by atoms with E-state index in [1.807, 2.05) is 0 Å². The smallest absolute Gasteiger partial charge is 0.350 e. The van der Waals surface area contributed by atoms with Gasteiger partial charge in [0, 0.05) is 13.1 Å². The molecule has 12 heteroatoms. The van der Waals surface area contributed by atoms with Crippen LogP contribution in [0.25, 0.3) is 0 Å². The first-order valence-electron chi connectivity index (χ1n) is 9.91. The third-order valence-corrected chi connectivity index (χ3v) is 4.84. The molecule has 0 aliphatic rings. The average molecular weight is 496 g/mol. The van der Waals surface area contributed by atoms with Gasteiger partial charge in [-0.05, 0) is 24.0 Å². The van der Waals surface area contributed by atoms with E-state index in [-0.39, 0.29) is 12.8 Å². The van der Waals surface area contributed by atoms with Gasteiger partial charge in [0.2, 0.25) is 0 Å². The van der Waals surface area contributed by atoms with Crippen molar-refractivity contribution in [3.8, 4) is 0 Å². The topological polar surface area (TPSA) is 58.2 Å². The Morgan fingerprint density at radius 3 is 1.15 bits per heavy atom. The third kappa shape index (κ3) is 5.48. The van der Waals surface area contributed by atoms with Crippen LogP contribution in [0.15, 0.2) is 60.7 Å². The Labute approximate surface area is 189 Å². The summed E-state index contributed by atoms with van der Waals surface area (Å²) in [6.07, 6.45) is -0.241. The van der Waals surface area contributed by atoms with Crippen molar-refractivity contribution < 1.29 is 44.7 Å². The highest BCUT2D eigenvalue weighted by Gasteiger charge is 2.84. The number of amides is 2. The van der Waals surface area contributed by atoms with E-state index in [4.69, 9.17) is 0 Å². The molecule has 2 aromatic rings. The summed E-state index contributed by atoms with van der Waals surface area (Å²) in [5.41, 5.74) is 1.00. The first kappa shape index (κ1) is 27.1. The molecule has 34 heavy (non-hydrogen) atoms. The highest BCUT2D eigenvalue weighted by atomic mass is 19.4. The third-order valence-electron chi connectivity index (χ3n) is 4.84. The maximum Gasteiger partial charge on any atom is 0.392 e. The molecule has 0 atom stereocenters. The molecule has 0 saturated carbocycles. The summed E-state index contributed by atoms with van der Waals surface area (Å²) in [7, 11) is 0. The molecule has 0 aliphatic heterocycles. The Morgan fingerprint density at radius 2 is 0.853 bits per heavy atom. The predicted molar refractivity (Wildman–Crippen MR) is 106 cm³/mol.